The number of benzene rings is 1. The molecular weight excluding hydrogens is 184 g/mol. The molecule has 0 atom stereocenters. The van der Waals surface area contributed by atoms with Crippen LogP contribution in [0.1, 0.15) is 18.4 Å². The molecule has 1 aliphatic carbocycles. The van der Waals surface area contributed by atoms with E-state index in [0.29, 0.717) is 5.82 Å². The number of fused-ring (bicyclic) bond motifs is 1. The van der Waals surface area contributed by atoms with Crippen LogP contribution in [0.15, 0.2) is 30.3 Å². The third-order valence-electron chi connectivity index (χ3n) is 3.04. The fourth-order valence-corrected chi connectivity index (χ4v) is 1.97. The SMILES string of the molecule is Nc1nc2ccccc2cc1CC1CC1. The lowest BCUT2D eigenvalue weighted by atomic mass is 10.1. The fraction of sp³-hybridized carbons (Fsp3) is 0.308. The van der Waals surface area contributed by atoms with Crippen molar-refractivity contribution < 1.29 is 0 Å². The molecule has 1 fully saturated rings. The smallest absolute Gasteiger partial charge is 0.127 e. The maximum atomic E-state index is 5.95. The van der Waals surface area contributed by atoms with E-state index in [1.165, 1.54) is 23.8 Å². The predicted octanol–water partition coefficient (Wildman–Crippen LogP) is 2.77. The summed E-state index contributed by atoms with van der Waals surface area (Å²) in [5.74, 6) is 1.57. The molecule has 0 amide bonds. The van der Waals surface area contributed by atoms with E-state index in [9.17, 15) is 0 Å². The van der Waals surface area contributed by atoms with Crippen LogP contribution < -0.4 is 5.73 Å². The first kappa shape index (κ1) is 8.72. The Balaban J connectivity index is 2.08. The average molecular weight is 198 g/mol. The molecule has 1 aromatic carbocycles. The summed E-state index contributed by atoms with van der Waals surface area (Å²) in [4.78, 5) is 4.43. The van der Waals surface area contributed by atoms with Crippen LogP contribution in [0, 0.1) is 5.92 Å². The minimum atomic E-state index is 0.709. The quantitative estimate of drug-likeness (QED) is 0.805. The van der Waals surface area contributed by atoms with Gasteiger partial charge in [0.25, 0.3) is 0 Å². The summed E-state index contributed by atoms with van der Waals surface area (Å²) < 4.78 is 0. The lowest BCUT2D eigenvalue weighted by molar-refractivity contribution is 0.832. The topological polar surface area (TPSA) is 38.9 Å². The number of para-hydroxylation sites is 1. The molecule has 76 valence electrons. The molecule has 0 radical (unpaired) electrons. The molecule has 0 aliphatic heterocycles. The van der Waals surface area contributed by atoms with Gasteiger partial charge in [0, 0.05) is 5.39 Å². The molecule has 0 unspecified atom stereocenters. The lowest BCUT2D eigenvalue weighted by Gasteiger charge is -2.06. The molecule has 2 N–H and O–H groups in total. The van der Waals surface area contributed by atoms with E-state index in [1.54, 1.807) is 0 Å². The Morgan fingerprint density at radius 3 is 2.87 bits per heavy atom. The molecule has 1 aromatic heterocycles. The highest BCUT2D eigenvalue weighted by Crippen LogP contribution is 2.34. The molecule has 15 heavy (non-hydrogen) atoms. The van der Waals surface area contributed by atoms with Crippen LogP contribution in [0.4, 0.5) is 5.82 Å². The van der Waals surface area contributed by atoms with Crippen molar-refractivity contribution in [2.24, 2.45) is 5.92 Å². The number of hydrogen-bond acceptors (Lipinski definition) is 2. The van der Waals surface area contributed by atoms with Crippen molar-refractivity contribution in [2.45, 2.75) is 19.3 Å². The van der Waals surface area contributed by atoms with E-state index < -0.39 is 0 Å². The Hall–Kier alpha value is -1.57. The highest BCUT2D eigenvalue weighted by atomic mass is 14.8. The van der Waals surface area contributed by atoms with E-state index in [1.807, 2.05) is 18.2 Å². The third kappa shape index (κ3) is 1.67. The first-order valence-electron chi connectivity index (χ1n) is 5.47. The van der Waals surface area contributed by atoms with Gasteiger partial charge in [0.15, 0.2) is 0 Å². The number of anilines is 1. The van der Waals surface area contributed by atoms with E-state index in [2.05, 4.69) is 17.1 Å². The standard InChI is InChI=1S/C13H14N2/c14-13-11(7-9-5-6-9)8-10-3-1-2-4-12(10)15-13/h1-4,8-9H,5-7H2,(H2,14,15). The van der Waals surface area contributed by atoms with Crippen molar-refractivity contribution in [3.05, 3.63) is 35.9 Å². The van der Waals surface area contributed by atoms with Gasteiger partial charge in [0.05, 0.1) is 5.52 Å². The second-order valence-electron chi connectivity index (χ2n) is 4.37. The van der Waals surface area contributed by atoms with E-state index in [4.69, 9.17) is 5.73 Å². The first-order chi connectivity index (χ1) is 7.33. The number of pyridine rings is 1. The zero-order chi connectivity index (χ0) is 10.3. The minimum absolute atomic E-state index is 0.709. The van der Waals surface area contributed by atoms with Gasteiger partial charge in [-0.25, -0.2) is 4.98 Å². The summed E-state index contributed by atoms with van der Waals surface area (Å²) in [5, 5.41) is 1.20. The summed E-state index contributed by atoms with van der Waals surface area (Å²) in [7, 11) is 0. The maximum Gasteiger partial charge on any atom is 0.127 e. The van der Waals surface area contributed by atoms with Gasteiger partial charge in [-0.1, -0.05) is 18.2 Å². The minimum Gasteiger partial charge on any atom is -0.383 e. The fourth-order valence-electron chi connectivity index (χ4n) is 1.97. The molecular formula is C13H14N2. The van der Waals surface area contributed by atoms with Gasteiger partial charge in [-0.05, 0) is 42.9 Å². The van der Waals surface area contributed by atoms with Crippen molar-refractivity contribution in [3.8, 4) is 0 Å². The monoisotopic (exact) mass is 198 g/mol. The Bertz CT molecular complexity index is 501. The van der Waals surface area contributed by atoms with Gasteiger partial charge < -0.3 is 5.73 Å². The lowest BCUT2D eigenvalue weighted by Crippen LogP contribution is -1.99. The van der Waals surface area contributed by atoms with Crippen LogP contribution in [0.2, 0.25) is 0 Å². The maximum absolute atomic E-state index is 5.95. The van der Waals surface area contributed by atoms with Crippen LogP contribution in [0.25, 0.3) is 10.9 Å². The molecule has 2 aromatic rings. The van der Waals surface area contributed by atoms with Crippen molar-refractivity contribution in [2.75, 3.05) is 5.73 Å². The van der Waals surface area contributed by atoms with Gasteiger partial charge in [0.2, 0.25) is 0 Å². The number of hydrogen-bond donors (Lipinski definition) is 1. The summed E-state index contributed by atoms with van der Waals surface area (Å²) in [6.45, 7) is 0. The van der Waals surface area contributed by atoms with E-state index in [-0.39, 0.29) is 0 Å². The van der Waals surface area contributed by atoms with Crippen LogP contribution >= 0.6 is 0 Å². The van der Waals surface area contributed by atoms with Gasteiger partial charge in [-0.2, -0.15) is 0 Å². The average Bonchev–Trinajstić information content (AvgIpc) is 3.03. The van der Waals surface area contributed by atoms with Crippen LogP contribution in [-0.4, -0.2) is 4.98 Å². The van der Waals surface area contributed by atoms with Gasteiger partial charge in [0.1, 0.15) is 5.82 Å². The van der Waals surface area contributed by atoms with Crippen molar-refractivity contribution in [3.63, 3.8) is 0 Å². The highest BCUT2D eigenvalue weighted by molar-refractivity contribution is 5.81. The van der Waals surface area contributed by atoms with Crippen molar-refractivity contribution in [1.82, 2.24) is 4.98 Å². The summed E-state index contributed by atoms with van der Waals surface area (Å²) in [6.07, 6.45) is 3.81. The Labute approximate surface area is 89.1 Å². The van der Waals surface area contributed by atoms with Crippen LogP contribution in [0.5, 0.6) is 0 Å². The number of nitrogens with two attached hydrogens (primary N) is 1. The summed E-state index contributed by atoms with van der Waals surface area (Å²) >= 11 is 0. The summed E-state index contributed by atoms with van der Waals surface area (Å²) in [5.41, 5.74) is 8.17. The molecule has 1 saturated carbocycles. The Morgan fingerprint density at radius 1 is 1.27 bits per heavy atom. The van der Waals surface area contributed by atoms with Gasteiger partial charge >= 0.3 is 0 Å². The highest BCUT2D eigenvalue weighted by Gasteiger charge is 2.22. The largest absolute Gasteiger partial charge is 0.383 e. The molecule has 1 aliphatic rings. The van der Waals surface area contributed by atoms with E-state index in [0.717, 1.165) is 17.9 Å². The molecule has 0 spiro atoms. The predicted molar refractivity (Wildman–Crippen MR) is 62.6 cm³/mol. The second kappa shape index (κ2) is 3.23. The van der Waals surface area contributed by atoms with Crippen molar-refractivity contribution >= 4 is 16.7 Å². The molecule has 0 bridgehead atoms. The molecule has 2 heteroatoms. The van der Waals surface area contributed by atoms with E-state index >= 15 is 0 Å². The molecule has 1 heterocycles. The third-order valence-corrected chi connectivity index (χ3v) is 3.04. The zero-order valence-corrected chi connectivity index (χ0v) is 8.61. The molecule has 3 rings (SSSR count). The molecule has 2 nitrogen and oxygen atoms in total. The Kier molecular flexibility index (Phi) is 1.88. The number of aromatic nitrogens is 1. The first-order valence-corrected chi connectivity index (χ1v) is 5.47. The zero-order valence-electron chi connectivity index (χ0n) is 8.61. The number of nitrogen functional groups attached to an aromatic ring is 1. The Morgan fingerprint density at radius 2 is 2.07 bits per heavy atom. The number of nitrogens with zero attached hydrogens (tertiary/aromatic N) is 1. The van der Waals surface area contributed by atoms with Gasteiger partial charge in [-0.3, -0.25) is 0 Å². The van der Waals surface area contributed by atoms with Crippen LogP contribution in [0.3, 0.4) is 0 Å². The van der Waals surface area contributed by atoms with Gasteiger partial charge in [-0.15, -0.1) is 0 Å². The summed E-state index contributed by atoms with van der Waals surface area (Å²) in [6, 6.07) is 10.3. The number of rotatable bonds is 2. The second-order valence-corrected chi connectivity index (χ2v) is 4.37. The normalized spacial score (nSPS) is 15.7. The van der Waals surface area contributed by atoms with Crippen molar-refractivity contribution in [1.29, 1.82) is 0 Å². The van der Waals surface area contributed by atoms with Crippen LogP contribution in [-0.2, 0) is 6.42 Å². The molecule has 0 saturated heterocycles.